The van der Waals surface area contributed by atoms with Gasteiger partial charge in [-0.3, -0.25) is 0 Å². The molecule has 1 aliphatic heterocycles. The van der Waals surface area contributed by atoms with Crippen molar-refractivity contribution in [3.05, 3.63) is 12.7 Å². The Morgan fingerprint density at radius 3 is 3.10 bits per heavy atom. The van der Waals surface area contributed by atoms with Crippen LogP contribution in [0.3, 0.4) is 0 Å². The minimum absolute atomic E-state index is 0.150. The maximum absolute atomic E-state index is 5.68. The zero-order valence-electron chi connectivity index (χ0n) is 10.9. The summed E-state index contributed by atoms with van der Waals surface area (Å²) in [6, 6.07) is 0. The molecule has 3 rings (SSSR count). The molecule has 0 aliphatic carbocycles. The van der Waals surface area contributed by atoms with Crippen LogP contribution in [-0.4, -0.2) is 49.5 Å². The Bertz CT molecular complexity index is 552. The average Bonchev–Trinajstić information content (AvgIpc) is 3.11. The molecule has 9 heteroatoms. The topological polar surface area (TPSA) is 117 Å². The fraction of sp³-hybridized carbons (Fsp3) is 0.545. The molecule has 0 saturated carbocycles. The number of aromatic nitrogens is 6. The first-order valence-electron chi connectivity index (χ1n) is 6.49. The first-order valence-corrected chi connectivity index (χ1v) is 6.49. The van der Waals surface area contributed by atoms with Crippen LogP contribution in [0.4, 0.5) is 11.9 Å². The zero-order valence-corrected chi connectivity index (χ0v) is 10.9. The van der Waals surface area contributed by atoms with E-state index in [4.69, 9.17) is 10.5 Å². The molecular formula is C11H16N8O. The quantitative estimate of drug-likeness (QED) is 0.775. The highest BCUT2D eigenvalue weighted by atomic mass is 16.5. The third kappa shape index (κ3) is 2.99. The number of nitrogen functional groups attached to an aromatic ring is 1. The fourth-order valence-electron chi connectivity index (χ4n) is 2.07. The number of rotatable bonds is 5. The number of nitrogens with two attached hydrogens (primary N) is 1. The summed E-state index contributed by atoms with van der Waals surface area (Å²) in [5.74, 6) is 1.55. The van der Waals surface area contributed by atoms with E-state index < -0.39 is 0 Å². The lowest BCUT2D eigenvalue weighted by molar-refractivity contribution is 0.185. The van der Waals surface area contributed by atoms with E-state index in [-0.39, 0.29) is 5.95 Å². The molecule has 2 aromatic heterocycles. The van der Waals surface area contributed by atoms with Crippen molar-refractivity contribution < 1.29 is 4.74 Å². The molecule has 0 aromatic carbocycles. The van der Waals surface area contributed by atoms with Gasteiger partial charge in [0.15, 0.2) is 0 Å². The van der Waals surface area contributed by atoms with E-state index in [1.807, 2.05) is 0 Å². The van der Waals surface area contributed by atoms with Crippen molar-refractivity contribution in [3.63, 3.8) is 0 Å². The highest BCUT2D eigenvalue weighted by Crippen LogP contribution is 2.16. The third-order valence-electron chi connectivity index (χ3n) is 3.12. The van der Waals surface area contributed by atoms with Crippen LogP contribution in [0.25, 0.3) is 5.95 Å². The van der Waals surface area contributed by atoms with Crippen LogP contribution >= 0.6 is 0 Å². The average molecular weight is 276 g/mol. The molecule has 9 nitrogen and oxygen atoms in total. The maximum atomic E-state index is 5.68. The Morgan fingerprint density at radius 2 is 2.35 bits per heavy atom. The van der Waals surface area contributed by atoms with Crippen molar-refractivity contribution in [1.29, 1.82) is 0 Å². The van der Waals surface area contributed by atoms with Crippen LogP contribution < -0.4 is 11.1 Å². The number of nitrogens with zero attached hydrogens (tertiary/aromatic N) is 6. The summed E-state index contributed by atoms with van der Waals surface area (Å²) in [4.78, 5) is 16.2. The largest absolute Gasteiger partial charge is 0.381 e. The molecule has 1 fully saturated rings. The highest BCUT2D eigenvalue weighted by molar-refractivity contribution is 5.34. The number of anilines is 2. The van der Waals surface area contributed by atoms with Crippen LogP contribution in [0.1, 0.15) is 12.8 Å². The van der Waals surface area contributed by atoms with Gasteiger partial charge in [0.05, 0.1) is 0 Å². The van der Waals surface area contributed by atoms with Gasteiger partial charge in [0, 0.05) is 19.8 Å². The molecule has 1 unspecified atom stereocenters. The smallest absolute Gasteiger partial charge is 0.258 e. The number of hydrogen-bond donors (Lipinski definition) is 2. The second kappa shape index (κ2) is 5.78. The second-order valence-corrected chi connectivity index (χ2v) is 4.60. The van der Waals surface area contributed by atoms with Gasteiger partial charge in [0.1, 0.15) is 12.7 Å². The van der Waals surface area contributed by atoms with Crippen molar-refractivity contribution in [2.45, 2.75) is 12.8 Å². The number of ether oxygens (including phenoxy) is 1. The van der Waals surface area contributed by atoms with Gasteiger partial charge in [-0.2, -0.15) is 24.7 Å². The van der Waals surface area contributed by atoms with Crippen molar-refractivity contribution in [1.82, 2.24) is 29.7 Å². The van der Waals surface area contributed by atoms with E-state index in [0.29, 0.717) is 17.8 Å². The number of hydrogen-bond acceptors (Lipinski definition) is 8. The standard InChI is InChI=1S/C11H16N8O/c12-9-16-10(14-3-1-8-2-4-20-5-8)18-11(17-9)19-7-13-6-15-19/h6-8H,1-5H2,(H3,12,14,16,17,18). The van der Waals surface area contributed by atoms with E-state index in [1.165, 1.54) is 17.3 Å². The van der Waals surface area contributed by atoms with Crippen molar-refractivity contribution >= 4 is 11.9 Å². The predicted octanol–water partition coefficient (Wildman–Crippen LogP) is -0.127. The Morgan fingerprint density at radius 1 is 1.40 bits per heavy atom. The van der Waals surface area contributed by atoms with Gasteiger partial charge in [-0.1, -0.05) is 0 Å². The maximum Gasteiger partial charge on any atom is 0.258 e. The number of nitrogens with one attached hydrogen (secondary N) is 1. The summed E-state index contributed by atoms with van der Waals surface area (Å²) in [6.45, 7) is 2.47. The Balaban J connectivity index is 1.63. The molecule has 1 atom stereocenters. The van der Waals surface area contributed by atoms with Gasteiger partial charge in [0.25, 0.3) is 5.95 Å². The minimum Gasteiger partial charge on any atom is -0.381 e. The molecule has 0 bridgehead atoms. The molecule has 1 aliphatic rings. The molecule has 0 amide bonds. The summed E-state index contributed by atoms with van der Waals surface area (Å²) in [5.41, 5.74) is 5.68. The van der Waals surface area contributed by atoms with Crippen LogP contribution in [0.5, 0.6) is 0 Å². The van der Waals surface area contributed by atoms with E-state index in [0.717, 1.165) is 32.6 Å². The first kappa shape index (κ1) is 12.7. The van der Waals surface area contributed by atoms with Gasteiger partial charge >= 0.3 is 0 Å². The van der Waals surface area contributed by atoms with Gasteiger partial charge in [-0.25, -0.2) is 4.98 Å². The highest BCUT2D eigenvalue weighted by Gasteiger charge is 2.15. The first-order chi connectivity index (χ1) is 9.81. The van der Waals surface area contributed by atoms with Crippen LogP contribution in [0, 0.1) is 5.92 Å². The summed E-state index contributed by atoms with van der Waals surface area (Å²) < 4.78 is 6.78. The van der Waals surface area contributed by atoms with Crippen molar-refractivity contribution in [3.8, 4) is 5.95 Å². The molecule has 0 radical (unpaired) electrons. The summed E-state index contributed by atoms with van der Waals surface area (Å²) in [7, 11) is 0. The zero-order chi connectivity index (χ0) is 13.8. The SMILES string of the molecule is Nc1nc(NCCC2CCOC2)nc(-n2cncn2)n1. The van der Waals surface area contributed by atoms with Crippen LogP contribution in [0.2, 0.25) is 0 Å². The lowest BCUT2D eigenvalue weighted by Gasteiger charge is -2.09. The Hall–Kier alpha value is -2.29. The van der Waals surface area contributed by atoms with E-state index in [1.54, 1.807) is 0 Å². The van der Waals surface area contributed by atoms with Crippen LogP contribution in [0.15, 0.2) is 12.7 Å². The van der Waals surface area contributed by atoms with Crippen LogP contribution in [-0.2, 0) is 4.74 Å². The molecular weight excluding hydrogens is 260 g/mol. The third-order valence-corrected chi connectivity index (χ3v) is 3.12. The fourth-order valence-corrected chi connectivity index (χ4v) is 2.07. The van der Waals surface area contributed by atoms with Gasteiger partial charge < -0.3 is 15.8 Å². The molecule has 3 heterocycles. The summed E-state index contributed by atoms with van der Waals surface area (Å²) >= 11 is 0. The molecule has 1 saturated heterocycles. The van der Waals surface area contributed by atoms with E-state index >= 15 is 0 Å². The van der Waals surface area contributed by atoms with Crippen molar-refractivity contribution in [2.24, 2.45) is 5.92 Å². The lowest BCUT2D eigenvalue weighted by Crippen LogP contribution is -2.14. The molecule has 2 aromatic rings. The Kier molecular flexibility index (Phi) is 3.68. The summed E-state index contributed by atoms with van der Waals surface area (Å²) in [5, 5.41) is 7.12. The molecule has 106 valence electrons. The second-order valence-electron chi connectivity index (χ2n) is 4.60. The van der Waals surface area contributed by atoms with Crippen molar-refractivity contribution in [2.75, 3.05) is 30.8 Å². The van der Waals surface area contributed by atoms with E-state index in [2.05, 4.69) is 30.4 Å². The summed E-state index contributed by atoms with van der Waals surface area (Å²) in [6.07, 6.45) is 5.05. The van der Waals surface area contributed by atoms with Gasteiger partial charge in [0.2, 0.25) is 11.9 Å². The molecule has 3 N–H and O–H groups in total. The predicted molar refractivity (Wildman–Crippen MR) is 71.2 cm³/mol. The molecule has 20 heavy (non-hydrogen) atoms. The Labute approximate surface area is 115 Å². The minimum atomic E-state index is 0.150. The monoisotopic (exact) mass is 276 g/mol. The van der Waals surface area contributed by atoms with Gasteiger partial charge in [-0.05, 0) is 18.8 Å². The lowest BCUT2D eigenvalue weighted by atomic mass is 10.1. The van der Waals surface area contributed by atoms with E-state index in [9.17, 15) is 0 Å². The normalized spacial score (nSPS) is 18.3. The van der Waals surface area contributed by atoms with Gasteiger partial charge in [-0.15, -0.1) is 0 Å². The molecule has 0 spiro atoms.